The summed E-state index contributed by atoms with van der Waals surface area (Å²) in [5, 5.41) is 2.34. The van der Waals surface area contributed by atoms with Gasteiger partial charge in [0.05, 0.1) is 11.4 Å². The number of pyridine rings is 1. The lowest BCUT2D eigenvalue weighted by atomic mass is 9.77. The summed E-state index contributed by atoms with van der Waals surface area (Å²) < 4.78 is 59.4. The highest BCUT2D eigenvalue weighted by Gasteiger charge is 2.44. The standard InChI is InChI=1S/C29H35ClF2N6O5S/c30-24-16-21(29(31,32)20-5-3-19(4-6-20)28(41)34-18-25(33)39)17-26(35-24)36-12-14-37(15-13-36)44(42,43)23-9-7-22(8-10-23)38-11-1-2-27(38)40/h7-10,16-17,19-20H,1-6,11-15,18H2,(H2,33,39)(H,34,41). The van der Waals surface area contributed by atoms with Gasteiger partial charge in [-0.3, -0.25) is 14.4 Å². The van der Waals surface area contributed by atoms with Gasteiger partial charge in [0.2, 0.25) is 27.7 Å². The zero-order valence-electron chi connectivity index (χ0n) is 24.1. The van der Waals surface area contributed by atoms with Crippen LogP contribution in [0.25, 0.3) is 0 Å². The molecule has 44 heavy (non-hydrogen) atoms. The maximum absolute atomic E-state index is 15.7. The lowest BCUT2D eigenvalue weighted by Crippen LogP contribution is -2.49. The largest absolute Gasteiger partial charge is 0.368 e. The number of anilines is 2. The van der Waals surface area contributed by atoms with Crippen LogP contribution in [0.1, 0.15) is 44.1 Å². The average molecular weight is 653 g/mol. The van der Waals surface area contributed by atoms with E-state index >= 15 is 8.78 Å². The van der Waals surface area contributed by atoms with Crippen molar-refractivity contribution in [2.24, 2.45) is 17.6 Å². The van der Waals surface area contributed by atoms with Crippen LogP contribution in [0.3, 0.4) is 0 Å². The minimum absolute atomic E-state index is 0.0161. The van der Waals surface area contributed by atoms with E-state index in [1.165, 1.54) is 22.5 Å². The summed E-state index contributed by atoms with van der Waals surface area (Å²) in [4.78, 5) is 42.9. The molecule has 1 aromatic carbocycles. The topological polar surface area (TPSA) is 146 Å². The molecule has 3 aliphatic rings. The van der Waals surface area contributed by atoms with Crippen LogP contribution in [0.15, 0.2) is 41.3 Å². The molecule has 0 unspecified atom stereocenters. The van der Waals surface area contributed by atoms with Crippen LogP contribution in [0.2, 0.25) is 5.15 Å². The molecule has 2 saturated heterocycles. The minimum atomic E-state index is -3.81. The number of nitrogens with one attached hydrogen (secondary N) is 1. The molecule has 0 atom stereocenters. The Hall–Kier alpha value is -3.36. The number of rotatable bonds is 9. The first kappa shape index (κ1) is 32.0. The molecule has 11 nitrogen and oxygen atoms in total. The Morgan fingerprint density at radius 2 is 1.68 bits per heavy atom. The van der Waals surface area contributed by atoms with Gasteiger partial charge in [-0.2, -0.15) is 4.31 Å². The molecule has 3 N–H and O–H groups in total. The summed E-state index contributed by atoms with van der Waals surface area (Å²) in [6.45, 7) is 1.01. The van der Waals surface area contributed by atoms with Crippen molar-refractivity contribution < 1.29 is 31.6 Å². The molecule has 1 aliphatic carbocycles. The van der Waals surface area contributed by atoms with Gasteiger partial charge in [-0.25, -0.2) is 22.2 Å². The average Bonchev–Trinajstić information content (AvgIpc) is 3.45. The van der Waals surface area contributed by atoms with Crippen LogP contribution in [0.5, 0.6) is 0 Å². The summed E-state index contributed by atoms with van der Waals surface area (Å²) in [5.74, 6) is -5.48. The summed E-state index contributed by atoms with van der Waals surface area (Å²) in [5.41, 5.74) is 5.44. The summed E-state index contributed by atoms with van der Waals surface area (Å²) >= 11 is 6.20. The van der Waals surface area contributed by atoms with Crippen molar-refractivity contribution in [3.63, 3.8) is 0 Å². The van der Waals surface area contributed by atoms with Gasteiger partial charge in [0.25, 0.3) is 5.92 Å². The molecular formula is C29H35ClF2N6O5S. The zero-order valence-corrected chi connectivity index (χ0v) is 25.6. The van der Waals surface area contributed by atoms with Gasteiger partial charge in [-0.1, -0.05) is 11.6 Å². The summed E-state index contributed by atoms with van der Waals surface area (Å²) in [6.07, 6.45) is 1.99. The Balaban J connectivity index is 1.21. The van der Waals surface area contributed by atoms with E-state index in [4.69, 9.17) is 17.3 Å². The number of hydrogen-bond acceptors (Lipinski definition) is 7. The van der Waals surface area contributed by atoms with Crippen molar-refractivity contribution in [3.05, 3.63) is 47.1 Å². The number of alkyl halides is 2. The molecule has 3 fully saturated rings. The summed E-state index contributed by atoms with van der Waals surface area (Å²) in [6, 6.07) is 8.72. The predicted octanol–water partition coefficient (Wildman–Crippen LogP) is 2.87. The molecule has 0 spiro atoms. The van der Waals surface area contributed by atoms with Crippen LogP contribution in [0, 0.1) is 11.8 Å². The van der Waals surface area contributed by atoms with E-state index in [1.54, 1.807) is 21.9 Å². The third-order valence-corrected chi connectivity index (χ3v) is 10.7. The molecule has 1 aromatic heterocycles. The smallest absolute Gasteiger partial charge is 0.276 e. The number of sulfonamides is 1. The Kier molecular flexibility index (Phi) is 9.42. The van der Waals surface area contributed by atoms with Crippen LogP contribution in [-0.2, 0) is 30.3 Å². The maximum Gasteiger partial charge on any atom is 0.276 e. The molecule has 1 saturated carbocycles. The van der Waals surface area contributed by atoms with Crippen LogP contribution in [0.4, 0.5) is 20.3 Å². The molecule has 5 rings (SSSR count). The van der Waals surface area contributed by atoms with E-state index < -0.39 is 33.7 Å². The van der Waals surface area contributed by atoms with Crippen LogP contribution >= 0.6 is 11.6 Å². The van der Waals surface area contributed by atoms with E-state index in [1.807, 2.05) is 0 Å². The fourth-order valence-corrected chi connectivity index (χ4v) is 7.76. The quantitative estimate of drug-likeness (QED) is 0.396. The van der Waals surface area contributed by atoms with E-state index in [9.17, 15) is 22.8 Å². The van der Waals surface area contributed by atoms with Crippen molar-refractivity contribution in [3.8, 4) is 0 Å². The predicted molar refractivity (Wildman–Crippen MR) is 160 cm³/mol. The first-order valence-corrected chi connectivity index (χ1v) is 16.5. The fraction of sp³-hybridized carbons (Fsp3) is 0.517. The number of aromatic nitrogens is 1. The minimum Gasteiger partial charge on any atom is -0.368 e. The molecule has 15 heteroatoms. The highest BCUT2D eigenvalue weighted by atomic mass is 35.5. The molecule has 0 radical (unpaired) electrons. The van der Waals surface area contributed by atoms with Gasteiger partial charge in [0.1, 0.15) is 11.0 Å². The number of hydrogen-bond donors (Lipinski definition) is 2. The first-order valence-electron chi connectivity index (χ1n) is 14.6. The van der Waals surface area contributed by atoms with Crippen molar-refractivity contribution in [1.82, 2.24) is 14.6 Å². The Morgan fingerprint density at radius 1 is 1.02 bits per heavy atom. The lowest BCUT2D eigenvalue weighted by molar-refractivity contribution is -0.131. The number of piperazine rings is 1. The lowest BCUT2D eigenvalue weighted by Gasteiger charge is -2.36. The zero-order chi connectivity index (χ0) is 31.6. The molecule has 0 bridgehead atoms. The van der Waals surface area contributed by atoms with Crippen LogP contribution in [-0.4, -0.2) is 74.7 Å². The van der Waals surface area contributed by atoms with Gasteiger partial charge in [-0.15, -0.1) is 0 Å². The van der Waals surface area contributed by atoms with Crippen molar-refractivity contribution in [2.45, 2.75) is 49.3 Å². The number of nitrogens with zero attached hydrogens (tertiary/aromatic N) is 4. The second kappa shape index (κ2) is 12.9. The van der Waals surface area contributed by atoms with Crippen molar-refractivity contribution in [1.29, 1.82) is 0 Å². The van der Waals surface area contributed by atoms with Gasteiger partial charge in [0.15, 0.2) is 0 Å². The maximum atomic E-state index is 15.7. The van der Waals surface area contributed by atoms with Crippen molar-refractivity contribution in [2.75, 3.05) is 49.1 Å². The Morgan fingerprint density at radius 3 is 2.27 bits per heavy atom. The number of carbonyl (C=O) groups is 3. The van der Waals surface area contributed by atoms with Gasteiger partial charge in [-0.05, 0) is 68.5 Å². The molecule has 2 aromatic rings. The number of primary amides is 1. The molecular weight excluding hydrogens is 618 g/mol. The number of benzene rings is 1. The molecule has 3 amide bonds. The second-order valence-corrected chi connectivity index (χ2v) is 13.8. The monoisotopic (exact) mass is 652 g/mol. The Bertz CT molecular complexity index is 1510. The van der Waals surface area contributed by atoms with E-state index in [2.05, 4.69) is 10.3 Å². The third kappa shape index (κ3) is 6.81. The molecule has 3 heterocycles. The molecule has 238 valence electrons. The number of halogens is 3. The van der Waals surface area contributed by atoms with E-state index in [-0.39, 0.29) is 91.7 Å². The Labute approximate surface area is 259 Å². The van der Waals surface area contributed by atoms with Crippen LogP contribution < -0.4 is 20.9 Å². The highest BCUT2D eigenvalue weighted by molar-refractivity contribution is 7.89. The number of nitrogens with two attached hydrogens (primary N) is 1. The fourth-order valence-electron chi connectivity index (χ4n) is 6.14. The third-order valence-electron chi connectivity index (χ3n) is 8.64. The van der Waals surface area contributed by atoms with E-state index in [0.29, 0.717) is 18.7 Å². The van der Waals surface area contributed by atoms with Gasteiger partial charge in [0, 0.05) is 62.2 Å². The van der Waals surface area contributed by atoms with Gasteiger partial charge < -0.3 is 20.9 Å². The molecule has 2 aliphatic heterocycles. The highest BCUT2D eigenvalue weighted by Crippen LogP contribution is 2.46. The summed E-state index contributed by atoms with van der Waals surface area (Å²) in [7, 11) is -3.81. The SMILES string of the molecule is NC(=O)CNC(=O)C1CCC(C(F)(F)c2cc(Cl)nc(N3CCN(S(=O)(=O)c4ccc(N5CCCC5=O)cc4)CC3)c2)CC1. The van der Waals surface area contributed by atoms with Crippen molar-refractivity contribution >= 4 is 50.9 Å². The first-order chi connectivity index (χ1) is 20.9. The number of amides is 3. The number of carbonyl (C=O) groups excluding carboxylic acids is 3. The second-order valence-electron chi connectivity index (χ2n) is 11.4. The van der Waals surface area contributed by atoms with Gasteiger partial charge >= 0.3 is 0 Å². The normalized spacial score (nSPS) is 21.8. The van der Waals surface area contributed by atoms with E-state index in [0.717, 1.165) is 12.5 Å².